The molecule has 4 atom stereocenters. The lowest BCUT2D eigenvalue weighted by atomic mass is 10.0. The van der Waals surface area contributed by atoms with Gasteiger partial charge < -0.3 is 4.74 Å². The Morgan fingerprint density at radius 3 is 1.88 bits per heavy atom. The van der Waals surface area contributed by atoms with Gasteiger partial charge in [-0.25, -0.2) is 0 Å². The Kier molecular flexibility index (Phi) is 6.50. The predicted octanol–water partition coefficient (Wildman–Crippen LogP) is 3.84. The van der Waals surface area contributed by atoms with E-state index < -0.39 is 0 Å². The fourth-order valence-corrected chi connectivity index (χ4v) is 2.78. The van der Waals surface area contributed by atoms with Crippen molar-refractivity contribution in [3.05, 3.63) is 0 Å². The van der Waals surface area contributed by atoms with Gasteiger partial charge in [-0.1, -0.05) is 32.6 Å². The van der Waals surface area contributed by atoms with E-state index in [1.54, 1.807) is 0 Å². The second-order valence-electron chi connectivity index (χ2n) is 5.68. The van der Waals surface area contributed by atoms with Gasteiger partial charge in [0.15, 0.2) is 0 Å². The third-order valence-corrected chi connectivity index (χ3v) is 4.35. The van der Waals surface area contributed by atoms with Crippen LogP contribution in [0.5, 0.6) is 0 Å². The highest BCUT2D eigenvalue weighted by Gasteiger charge is 2.34. The van der Waals surface area contributed by atoms with Crippen LogP contribution in [-0.2, 0) is 4.74 Å². The van der Waals surface area contributed by atoms with Crippen LogP contribution in [0.1, 0.15) is 66.7 Å². The zero-order chi connectivity index (χ0) is 12.8. The van der Waals surface area contributed by atoms with Gasteiger partial charge in [-0.2, -0.15) is 0 Å². The molecule has 0 amide bonds. The maximum absolute atomic E-state index is 5.94. The molecule has 2 nitrogen and oxygen atoms in total. The Morgan fingerprint density at radius 2 is 1.35 bits per heavy atom. The third-order valence-electron chi connectivity index (χ3n) is 4.35. The van der Waals surface area contributed by atoms with Crippen LogP contribution >= 0.6 is 0 Å². The number of hydrogen-bond acceptors (Lipinski definition) is 2. The van der Waals surface area contributed by atoms with Crippen LogP contribution in [0.4, 0.5) is 0 Å². The number of morpholine rings is 1. The number of nitrogens with zero attached hydrogens (tertiary/aromatic N) is 1. The zero-order valence-corrected chi connectivity index (χ0v) is 12.4. The molecule has 0 saturated carbocycles. The summed E-state index contributed by atoms with van der Waals surface area (Å²) in [5.41, 5.74) is 0. The van der Waals surface area contributed by atoms with Crippen molar-refractivity contribution >= 4 is 0 Å². The molecule has 0 aromatic carbocycles. The van der Waals surface area contributed by atoms with Crippen LogP contribution < -0.4 is 0 Å². The van der Waals surface area contributed by atoms with E-state index in [1.165, 1.54) is 38.6 Å². The van der Waals surface area contributed by atoms with E-state index in [-0.39, 0.29) is 0 Å². The lowest BCUT2D eigenvalue weighted by Gasteiger charge is -2.46. The topological polar surface area (TPSA) is 12.5 Å². The van der Waals surface area contributed by atoms with Crippen molar-refractivity contribution in [2.45, 2.75) is 91.0 Å². The van der Waals surface area contributed by atoms with Gasteiger partial charge in [0.1, 0.15) is 0 Å². The molecule has 0 aromatic rings. The van der Waals surface area contributed by atoms with Gasteiger partial charge >= 0.3 is 0 Å². The molecular formula is C15H31NO. The zero-order valence-electron chi connectivity index (χ0n) is 12.4. The molecule has 1 rings (SSSR count). The quantitative estimate of drug-likeness (QED) is 0.655. The van der Waals surface area contributed by atoms with Crippen LogP contribution in [0.2, 0.25) is 0 Å². The monoisotopic (exact) mass is 241 g/mol. The fourth-order valence-electron chi connectivity index (χ4n) is 2.78. The van der Waals surface area contributed by atoms with Gasteiger partial charge in [-0.05, 0) is 40.7 Å². The summed E-state index contributed by atoms with van der Waals surface area (Å²) < 4.78 is 5.94. The molecule has 0 spiro atoms. The second-order valence-corrected chi connectivity index (χ2v) is 5.68. The van der Waals surface area contributed by atoms with Crippen molar-refractivity contribution in [1.29, 1.82) is 0 Å². The molecule has 0 radical (unpaired) electrons. The Balaban J connectivity index is 2.33. The highest BCUT2D eigenvalue weighted by molar-refractivity contribution is 4.86. The molecule has 17 heavy (non-hydrogen) atoms. The summed E-state index contributed by atoms with van der Waals surface area (Å²) >= 11 is 0. The molecule has 1 saturated heterocycles. The molecule has 0 aromatic heterocycles. The van der Waals surface area contributed by atoms with Crippen molar-refractivity contribution in [2.75, 3.05) is 6.54 Å². The van der Waals surface area contributed by atoms with Gasteiger partial charge in [-0.15, -0.1) is 0 Å². The summed E-state index contributed by atoms with van der Waals surface area (Å²) in [6, 6.07) is 1.12. The van der Waals surface area contributed by atoms with Crippen LogP contribution in [0, 0.1) is 0 Å². The first-order valence-corrected chi connectivity index (χ1v) is 7.49. The first-order valence-electron chi connectivity index (χ1n) is 7.49. The summed E-state index contributed by atoms with van der Waals surface area (Å²) in [6.07, 6.45) is 7.59. The summed E-state index contributed by atoms with van der Waals surface area (Å²) in [7, 11) is 0. The Labute approximate surface area is 108 Å². The van der Waals surface area contributed by atoms with Gasteiger partial charge in [0.25, 0.3) is 0 Å². The van der Waals surface area contributed by atoms with Crippen LogP contribution in [0.3, 0.4) is 0 Å². The second kappa shape index (κ2) is 7.38. The maximum atomic E-state index is 5.94. The molecule has 2 heteroatoms. The number of hydrogen-bond donors (Lipinski definition) is 0. The van der Waals surface area contributed by atoms with Gasteiger partial charge in [0, 0.05) is 12.1 Å². The molecule has 1 aliphatic rings. The van der Waals surface area contributed by atoms with E-state index in [9.17, 15) is 0 Å². The highest BCUT2D eigenvalue weighted by atomic mass is 16.5. The third kappa shape index (κ3) is 4.26. The molecule has 1 heterocycles. The van der Waals surface area contributed by atoms with E-state index in [4.69, 9.17) is 4.74 Å². The van der Waals surface area contributed by atoms with Gasteiger partial charge in [-0.3, -0.25) is 4.90 Å². The molecular weight excluding hydrogens is 210 g/mol. The largest absolute Gasteiger partial charge is 0.372 e. The number of rotatable bonds is 6. The van der Waals surface area contributed by atoms with E-state index in [2.05, 4.69) is 39.5 Å². The lowest BCUT2D eigenvalue weighted by Crippen LogP contribution is -2.57. The lowest BCUT2D eigenvalue weighted by molar-refractivity contribution is -0.129. The average molecular weight is 241 g/mol. The number of ether oxygens (including phenoxy) is 1. The van der Waals surface area contributed by atoms with Crippen LogP contribution in [0.25, 0.3) is 0 Å². The fraction of sp³-hybridized carbons (Fsp3) is 1.00. The SMILES string of the molecule is CCCCCCCN1C(C)C(C)OC(C)C1C. The molecule has 0 aliphatic carbocycles. The normalized spacial score (nSPS) is 35.1. The summed E-state index contributed by atoms with van der Waals surface area (Å²) in [5.74, 6) is 0. The van der Waals surface area contributed by atoms with Crippen molar-refractivity contribution < 1.29 is 4.74 Å². The van der Waals surface area contributed by atoms with Crippen LogP contribution in [0.15, 0.2) is 0 Å². The first-order chi connectivity index (χ1) is 8.07. The highest BCUT2D eigenvalue weighted by Crippen LogP contribution is 2.24. The van der Waals surface area contributed by atoms with E-state index >= 15 is 0 Å². The molecule has 0 bridgehead atoms. The van der Waals surface area contributed by atoms with Gasteiger partial charge in [0.05, 0.1) is 12.2 Å². The van der Waals surface area contributed by atoms with Crippen molar-refractivity contribution in [3.8, 4) is 0 Å². The minimum absolute atomic E-state index is 0.372. The Morgan fingerprint density at radius 1 is 0.824 bits per heavy atom. The maximum Gasteiger partial charge on any atom is 0.0704 e. The molecule has 102 valence electrons. The molecule has 1 aliphatic heterocycles. The minimum Gasteiger partial charge on any atom is -0.372 e. The predicted molar refractivity (Wildman–Crippen MR) is 74.4 cm³/mol. The smallest absolute Gasteiger partial charge is 0.0704 e. The average Bonchev–Trinajstić information content (AvgIpc) is 2.30. The van der Waals surface area contributed by atoms with Crippen LogP contribution in [-0.4, -0.2) is 35.7 Å². The molecule has 4 unspecified atom stereocenters. The first kappa shape index (κ1) is 15.0. The van der Waals surface area contributed by atoms with Gasteiger partial charge in [0.2, 0.25) is 0 Å². The van der Waals surface area contributed by atoms with Crippen molar-refractivity contribution in [1.82, 2.24) is 4.90 Å². The minimum atomic E-state index is 0.372. The summed E-state index contributed by atoms with van der Waals surface area (Å²) in [5, 5.41) is 0. The Bertz CT molecular complexity index is 193. The van der Waals surface area contributed by atoms with E-state index in [0.29, 0.717) is 24.3 Å². The standard InChI is InChI=1S/C15H31NO/c1-6-7-8-9-10-11-16-12(2)14(4)17-15(5)13(16)3/h12-15H,6-11H2,1-5H3. The van der Waals surface area contributed by atoms with E-state index in [1.807, 2.05) is 0 Å². The summed E-state index contributed by atoms with van der Waals surface area (Å²) in [4.78, 5) is 2.64. The number of unbranched alkanes of at least 4 members (excludes halogenated alkanes) is 4. The van der Waals surface area contributed by atoms with Crippen molar-refractivity contribution in [3.63, 3.8) is 0 Å². The van der Waals surface area contributed by atoms with E-state index in [0.717, 1.165) is 0 Å². The molecule has 0 N–H and O–H groups in total. The Hall–Kier alpha value is -0.0800. The van der Waals surface area contributed by atoms with Crippen molar-refractivity contribution in [2.24, 2.45) is 0 Å². The summed E-state index contributed by atoms with van der Waals surface area (Å²) in [6.45, 7) is 12.5. The molecule has 1 fully saturated rings.